The maximum atomic E-state index is 12.2. The Morgan fingerprint density at radius 2 is 1.89 bits per heavy atom. The minimum absolute atomic E-state index is 0.246. The number of carbonyl (C=O) groups excluding carboxylic acids is 2. The van der Waals surface area contributed by atoms with Crippen molar-refractivity contribution >= 4 is 46.6 Å². The van der Waals surface area contributed by atoms with Gasteiger partial charge in [-0.3, -0.25) is 4.79 Å². The van der Waals surface area contributed by atoms with E-state index >= 15 is 0 Å². The van der Waals surface area contributed by atoms with E-state index in [0.717, 1.165) is 23.7 Å². The number of benzene rings is 2. The highest BCUT2D eigenvalue weighted by atomic mass is 35.5. The van der Waals surface area contributed by atoms with Crippen molar-refractivity contribution in [2.45, 2.75) is 4.90 Å². The predicted octanol–water partition coefficient (Wildman–Crippen LogP) is 3.69. The van der Waals surface area contributed by atoms with E-state index < -0.39 is 11.9 Å². The van der Waals surface area contributed by atoms with Gasteiger partial charge in [0.25, 0.3) is 5.91 Å². The van der Waals surface area contributed by atoms with E-state index in [1.807, 2.05) is 36.6 Å². The molecule has 8 heteroatoms. The maximum absolute atomic E-state index is 12.2. The Hall–Kier alpha value is -2.22. The summed E-state index contributed by atoms with van der Waals surface area (Å²) in [6, 6.07) is 12.6. The van der Waals surface area contributed by atoms with Crippen LogP contribution in [0.2, 0.25) is 5.02 Å². The molecule has 1 fully saturated rings. The fraction of sp³-hybridized carbons (Fsp3) is 0.300. The number of anilines is 2. The molecular formula is C20H21ClN2O4S. The summed E-state index contributed by atoms with van der Waals surface area (Å²) >= 11 is 7.54. The van der Waals surface area contributed by atoms with Crippen LogP contribution in [-0.2, 0) is 14.3 Å². The lowest BCUT2D eigenvalue weighted by atomic mass is 10.2. The molecule has 1 N–H and O–H groups in total. The molecule has 1 saturated heterocycles. The summed E-state index contributed by atoms with van der Waals surface area (Å²) in [5, 5.41) is 3.01. The number of esters is 1. The Morgan fingerprint density at radius 1 is 1.18 bits per heavy atom. The summed E-state index contributed by atoms with van der Waals surface area (Å²) in [6.07, 6.45) is 1.90. The molecule has 1 heterocycles. The van der Waals surface area contributed by atoms with Gasteiger partial charge in [-0.2, -0.15) is 0 Å². The Morgan fingerprint density at radius 3 is 2.57 bits per heavy atom. The summed E-state index contributed by atoms with van der Waals surface area (Å²) < 4.78 is 10.4. The quantitative estimate of drug-likeness (QED) is 0.567. The van der Waals surface area contributed by atoms with E-state index in [-0.39, 0.29) is 12.2 Å². The normalized spacial score (nSPS) is 13.9. The predicted molar refractivity (Wildman–Crippen MR) is 112 cm³/mol. The fourth-order valence-electron chi connectivity index (χ4n) is 2.77. The third-order valence-corrected chi connectivity index (χ3v) is 5.31. The van der Waals surface area contributed by atoms with Crippen molar-refractivity contribution in [3.8, 4) is 0 Å². The number of thioether (sulfide) groups is 1. The van der Waals surface area contributed by atoms with Crippen molar-refractivity contribution in [3.63, 3.8) is 0 Å². The molecule has 0 aliphatic carbocycles. The number of nitrogens with zero attached hydrogens (tertiary/aromatic N) is 1. The lowest BCUT2D eigenvalue weighted by Crippen LogP contribution is -2.36. The molecule has 0 unspecified atom stereocenters. The Bertz CT molecular complexity index is 839. The van der Waals surface area contributed by atoms with Gasteiger partial charge < -0.3 is 19.7 Å². The SMILES string of the molecule is CSc1ccc(Cl)c(C(=O)OCC(=O)Nc2ccc(N3CCOCC3)cc2)c1. The first-order valence-electron chi connectivity index (χ1n) is 8.80. The van der Waals surface area contributed by atoms with Crippen LogP contribution >= 0.6 is 23.4 Å². The van der Waals surface area contributed by atoms with Crippen LogP contribution in [-0.4, -0.2) is 51.0 Å². The van der Waals surface area contributed by atoms with Crippen molar-refractivity contribution in [1.82, 2.24) is 0 Å². The zero-order valence-electron chi connectivity index (χ0n) is 15.4. The second kappa shape index (κ2) is 9.82. The lowest BCUT2D eigenvalue weighted by molar-refractivity contribution is -0.119. The molecule has 148 valence electrons. The number of amides is 1. The van der Waals surface area contributed by atoms with Gasteiger partial charge >= 0.3 is 5.97 Å². The third-order valence-electron chi connectivity index (χ3n) is 4.26. The summed E-state index contributed by atoms with van der Waals surface area (Å²) in [7, 11) is 0. The van der Waals surface area contributed by atoms with Gasteiger partial charge in [-0.1, -0.05) is 11.6 Å². The summed E-state index contributed by atoms with van der Waals surface area (Å²) in [6.45, 7) is 2.75. The molecule has 1 amide bonds. The van der Waals surface area contributed by atoms with Gasteiger partial charge in [-0.05, 0) is 48.7 Å². The second-order valence-electron chi connectivity index (χ2n) is 6.12. The monoisotopic (exact) mass is 420 g/mol. The van der Waals surface area contributed by atoms with Gasteiger partial charge in [0, 0.05) is 29.4 Å². The second-order valence-corrected chi connectivity index (χ2v) is 7.40. The molecule has 6 nitrogen and oxygen atoms in total. The Balaban J connectivity index is 1.52. The number of morpholine rings is 1. The number of hydrogen-bond donors (Lipinski definition) is 1. The molecule has 2 aromatic rings. The first-order chi connectivity index (χ1) is 13.6. The van der Waals surface area contributed by atoms with E-state index in [1.54, 1.807) is 12.1 Å². The zero-order valence-corrected chi connectivity index (χ0v) is 17.0. The number of rotatable bonds is 6. The molecule has 1 aliphatic heterocycles. The summed E-state index contributed by atoms with van der Waals surface area (Å²) in [4.78, 5) is 27.4. The number of halogens is 1. The zero-order chi connectivity index (χ0) is 19.9. The first-order valence-corrected chi connectivity index (χ1v) is 10.4. The van der Waals surface area contributed by atoms with E-state index in [4.69, 9.17) is 21.1 Å². The van der Waals surface area contributed by atoms with E-state index in [9.17, 15) is 9.59 Å². The molecule has 0 spiro atoms. The number of hydrogen-bond acceptors (Lipinski definition) is 6. The van der Waals surface area contributed by atoms with Crippen molar-refractivity contribution in [2.24, 2.45) is 0 Å². The molecule has 0 saturated carbocycles. The van der Waals surface area contributed by atoms with Crippen LogP contribution < -0.4 is 10.2 Å². The average molecular weight is 421 g/mol. The highest BCUT2D eigenvalue weighted by molar-refractivity contribution is 7.98. The molecule has 0 bridgehead atoms. The maximum Gasteiger partial charge on any atom is 0.340 e. The first kappa shape index (κ1) is 20.5. The molecule has 28 heavy (non-hydrogen) atoms. The highest BCUT2D eigenvalue weighted by Crippen LogP contribution is 2.24. The van der Waals surface area contributed by atoms with E-state index in [1.165, 1.54) is 11.8 Å². The van der Waals surface area contributed by atoms with Gasteiger partial charge in [0.2, 0.25) is 0 Å². The number of carbonyl (C=O) groups is 2. The topological polar surface area (TPSA) is 67.9 Å². The molecule has 1 aliphatic rings. The molecule has 2 aromatic carbocycles. The highest BCUT2D eigenvalue weighted by Gasteiger charge is 2.15. The van der Waals surface area contributed by atoms with Crippen molar-refractivity contribution in [3.05, 3.63) is 53.1 Å². The number of ether oxygens (including phenoxy) is 2. The molecule has 3 rings (SSSR count). The van der Waals surface area contributed by atoms with Crippen molar-refractivity contribution in [1.29, 1.82) is 0 Å². The van der Waals surface area contributed by atoms with Crippen LogP contribution in [0, 0.1) is 0 Å². The standard InChI is InChI=1S/C20H21ClN2O4S/c1-28-16-6-7-18(21)17(12-16)20(25)27-13-19(24)22-14-2-4-15(5-3-14)23-8-10-26-11-9-23/h2-7,12H,8-11,13H2,1H3,(H,22,24). The van der Waals surface area contributed by atoms with Gasteiger partial charge in [-0.25, -0.2) is 4.79 Å². The number of nitrogens with one attached hydrogen (secondary N) is 1. The minimum atomic E-state index is -0.626. The van der Waals surface area contributed by atoms with E-state index in [0.29, 0.717) is 23.9 Å². The van der Waals surface area contributed by atoms with Gasteiger partial charge in [0.15, 0.2) is 6.61 Å². The van der Waals surface area contributed by atoms with Gasteiger partial charge in [0.1, 0.15) is 0 Å². The van der Waals surface area contributed by atoms with Crippen LogP contribution in [0.4, 0.5) is 11.4 Å². The molecule has 0 atom stereocenters. The molecule has 0 aromatic heterocycles. The Kier molecular flexibility index (Phi) is 7.19. The van der Waals surface area contributed by atoms with Crippen LogP contribution in [0.15, 0.2) is 47.4 Å². The van der Waals surface area contributed by atoms with Crippen LogP contribution in [0.1, 0.15) is 10.4 Å². The Labute approximate surface area is 173 Å². The van der Waals surface area contributed by atoms with E-state index in [2.05, 4.69) is 10.2 Å². The van der Waals surface area contributed by atoms with Crippen molar-refractivity contribution < 1.29 is 19.1 Å². The fourth-order valence-corrected chi connectivity index (χ4v) is 3.41. The smallest absolute Gasteiger partial charge is 0.340 e. The summed E-state index contributed by atoms with van der Waals surface area (Å²) in [5.74, 6) is -1.04. The van der Waals surface area contributed by atoms with Crippen molar-refractivity contribution in [2.75, 3.05) is 49.4 Å². The third kappa shape index (κ3) is 5.41. The lowest BCUT2D eigenvalue weighted by Gasteiger charge is -2.28. The molecule has 0 radical (unpaired) electrons. The van der Waals surface area contributed by atoms with Gasteiger partial charge in [0.05, 0.1) is 23.8 Å². The largest absolute Gasteiger partial charge is 0.452 e. The molecular weight excluding hydrogens is 400 g/mol. The van der Waals surface area contributed by atoms with Crippen LogP contribution in [0.5, 0.6) is 0 Å². The van der Waals surface area contributed by atoms with Crippen LogP contribution in [0.3, 0.4) is 0 Å². The average Bonchev–Trinajstić information content (AvgIpc) is 2.73. The van der Waals surface area contributed by atoms with Crippen LogP contribution in [0.25, 0.3) is 0 Å². The summed E-state index contributed by atoms with van der Waals surface area (Å²) in [5.41, 5.74) is 1.97. The van der Waals surface area contributed by atoms with Gasteiger partial charge in [-0.15, -0.1) is 11.8 Å². The minimum Gasteiger partial charge on any atom is -0.452 e.